The van der Waals surface area contributed by atoms with Crippen LogP contribution in [0.5, 0.6) is 0 Å². The molecule has 0 spiro atoms. The average molecular weight is 315 g/mol. The van der Waals surface area contributed by atoms with Gasteiger partial charge in [0.25, 0.3) is 10.0 Å². The molecule has 3 N–H and O–H groups in total. The van der Waals surface area contributed by atoms with Crippen molar-refractivity contribution in [2.24, 2.45) is 0 Å². The molecule has 0 aromatic heterocycles. The van der Waals surface area contributed by atoms with Crippen LogP contribution < -0.4 is 10.5 Å². The Hall–Kier alpha value is -1.79. The maximum absolute atomic E-state index is 13.0. The third-order valence-corrected chi connectivity index (χ3v) is 4.46. The largest absolute Gasteiger partial charge is 0.398 e. The fourth-order valence-electron chi connectivity index (χ4n) is 1.71. The lowest BCUT2D eigenvalue weighted by molar-refractivity contribution is 0.600. The van der Waals surface area contributed by atoms with E-state index in [1.54, 1.807) is 25.1 Å². The van der Waals surface area contributed by atoms with Gasteiger partial charge in [0.05, 0.1) is 16.4 Å². The third-order valence-electron chi connectivity index (χ3n) is 2.72. The molecule has 7 heteroatoms. The molecule has 0 amide bonds. The minimum Gasteiger partial charge on any atom is -0.398 e. The third kappa shape index (κ3) is 2.86. The minimum absolute atomic E-state index is 0.165. The van der Waals surface area contributed by atoms with E-state index in [0.29, 0.717) is 5.56 Å². The standard InChI is InChI=1S/C13H12ClFN2O2S/c1-8-3-2-4-10(14)13(8)17-20(18,19)12-6-5-9(15)7-11(12)16/h2-7,17H,16H2,1H3. The summed E-state index contributed by atoms with van der Waals surface area (Å²) >= 11 is 5.97. The van der Waals surface area contributed by atoms with Crippen LogP contribution in [0.4, 0.5) is 15.8 Å². The molecule has 0 saturated heterocycles. The van der Waals surface area contributed by atoms with Crippen LogP contribution in [-0.4, -0.2) is 8.42 Å². The first-order valence-corrected chi connectivity index (χ1v) is 7.50. The molecule has 0 atom stereocenters. The molecule has 0 saturated carbocycles. The van der Waals surface area contributed by atoms with Gasteiger partial charge in [0, 0.05) is 0 Å². The first-order valence-electron chi connectivity index (χ1n) is 5.64. The molecule has 2 rings (SSSR count). The first kappa shape index (κ1) is 14.6. The highest BCUT2D eigenvalue weighted by Gasteiger charge is 2.20. The maximum Gasteiger partial charge on any atom is 0.264 e. The second kappa shape index (κ2) is 5.30. The number of aryl methyl sites for hydroxylation is 1. The van der Waals surface area contributed by atoms with Crippen LogP contribution in [0.25, 0.3) is 0 Å². The SMILES string of the molecule is Cc1cccc(Cl)c1NS(=O)(=O)c1ccc(F)cc1N. The van der Waals surface area contributed by atoms with Crippen LogP contribution in [0.2, 0.25) is 5.02 Å². The van der Waals surface area contributed by atoms with E-state index in [0.717, 1.165) is 18.2 Å². The topological polar surface area (TPSA) is 72.2 Å². The predicted molar refractivity (Wildman–Crippen MR) is 77.8 cm³/mol. The van der Waals surface area contributed by atoms with Crippen LogP contribution in [0.1, 0.15) is 5.56 Å². The first-order chi connectivity index (χ1) is 9.31. The monoisotopic (exact) mass is 314 g/mol. The quantitative estimate of drug-likeness (QED) is 0.855. The van der Waals surface area contributed by atoms with Gasteiger partial charge in [0.1, 0.15) is 10.7 Å². The number of nitrogen functional groups attached to an aromatic ring is 1. The van der Waals surface area contributed by atoms with E-state index >= 15 is 0 Å². The molecule has 0 aliphatic heterocycles. The normalized spacial score (nSPS) is 11.3. The number of benzene rings is 2. The number of nitrogens with one attached hydrogen (secondary N) is 1. The number of halogens is 2. The van der Waals surface area contributed by atoms with Crippen LogP contribution in [-0.2, 0) is 10.0 Å². The van der Waals surface area contributed by atoms with Gasteiger partial charge >= 0.3 is 0 Å². The zero-order valence-corrected chi connectivity index (χ0v) is 12.1. The molecule has 20 heavy (non-hydrogen) atoms. The number of hydrogen-bond donors (Lipinski definition) is 2. The van der Waals surface area contributed by atoms with Gasteiger partial charge in [-0.1, -0.05) is 23.7 Å². The van der Waals surface area contributed by atoms with Crippen LogP contribution in [0.15, 0.2) is 41.3 Å². The second-order valence-corrected chi connectivity index (χ2v) is 6.28. The Balaban J connectivity index is 2.46. The van der Waals surface area contributed by atoms with Gasteiger partial charge in [0.15, 0.2) is 0 Å². The minimum atomic E-state index is -3.93. The highest BCUT2D eigenvalue weighted by Crippen LogP contribution is 2.29. The van der Waals surface area contributed by atoms with Crippen molar-refractivity contribution < 1.29 is 12.8 Å². The maximum atomic E-state index is 13.0. The van der Waals surface area contributed by atoms with Crippen molar-refractivity contribution in [1.82, 2.24) is 0 Å². The summed E-state index contributed by atoms with van der Waals surface area (Å²) in [6, 6.07) is 8.09. The van der Waals surface area contributed by atoms with E-state index in [-0.39, 0.29) is 21.3 Å². The molecule has 0 fully saturated rings. The summed E-state index contributed by atoms with van der Waals surface area (Å²) < 4.78 is 39.9. The van der Waals surface area contributed by atoms with Crippen LogP contribution in [0.3, 0.4) is 0 Å². The Morgan fingerprint density at radius 3 is 2.55 bits per heavy atom. The summed E-state index contributed by atoms with van der Waals surface area (Å²) in [5.74, 6) is -0.602. The zero-order chi connectivity index (χ0) is 14.9. The van der Waals surface area contributed by atoms with E-state index in [9.17, 15) is 12.8 Å². The molecule has 0 heterocycles. The summed E-state index contributed by atoms with van der Waals surface area (Å²) in [4.78, 5) is -0.196. The Bertz CT molecular complexity index is 743. The predicted octanol–water partition coefficient (Wildman–Crippen LogP) is 3.17. The number of sulfonamides is 1. The van der Waals surface area contributed by atoms with Crippen molar-refractivity contribution in [3.63, 3.8) is 0 Å². The summed E-state index contributed by atoms with van der Waals surface area (Å²) in [7, 11) is -3.93. The van der Waals surface area contributed by atoms with E-state index in [2.05, 4.69) is 4.72 Å². The summed E-state index contributed by atoms with van der Waals surface area (Å²) in [6.07, 6.45) is 0. The fourth-order valence-corrected chi connectivity index (χ4v) is 3.31. The molecular weight excluding hydrogens is 303 g/mol. The average Bonchev–Trinajstić information content (AvgIpc) is 2.33. The van der Waals surface area contributed by atoms with Gasteiger partial charge in [-0.05, 0) is 36.8 Å². The molecule has 106 valence electrons. The van der Waals surface area contributed by atoms with Crippen LogP contribution >= 0.6 is 11.6 Å². The summed E-state index contributed by atoms with van der Waals surface area (Å²) in [5.41, 5.74) is 6.32. The molecule has 4 nitrogen and oxygen atoms in total. The Morgan fingerprint density at radius 2 is 1.95 bits per heavy atom. The van der Waals surface area contributed by atoms with Crippen molar-refractivity contribution in [3.8, 4) is 0 Å². The molecule has 2 aromatic rings. The Morgan fingerprint density at radius 1 is 1.25 bits per heavy atom. The Labute approximate surface area is 121 Å². The molecule has 2 aromatic carbocycles. The number of para-hydroxylation sites is 1. The second-order valence-electron chi connectivity index (χ2n) is 4.22. The van der Waals surface area contributed by atoms with E-state index in [4.69, 9.17) is 17.3 Å². The lowest BCUT2D eigenvalue weighted by Gasteiger charge is -2.13. The number of hydrogen-bond acceptors (Lipinski definition) is 3. The van der Waals surface area contributed by atoms with Gasteiger partial charge < -0.3 is 5.73 Å². The Kier molecular flexibility index (Phi) is 3.87. The van der Waals surface area contributed by atoms with E-state index in [1.807, 2.05) is 0 Å². The van der Waals surface area contributed by atoms with E-state index < -0.39 is 15.8 Å². The summed E-state index contributed by atoms with van der Waals surface area (Å²) in [6.45, 7) is 1.72. The zero-order valence-electron chi connectivity index (χ0n) is 10.5. The van der Waals surface area contributed by atoms with Crippen molar-refractivity contribution >= 4 is 33.0 Å². The molecule has 0 bridgehead atoms. The van der Waals surface area contributed by atoms with E-state index in [1.165, 1.54) is 0 Å². The summed E-state index contributed by atoms with van der Waals surface area (Å²) in [5, 5.41) is 0.272. The fraction of sp³-hybridized carbons (Fsp3) is 0.0769. The van der Waals surface area contributed by atoms with Crippen LogP contribution in [0, 0.1) is 12.7 Å². The van der Waals surface area contributed by atoms with Gasteiger partial charge in [-0.25, -0.2) is 12.8 Å². The molecule has 0 unspecified atom stereocenters. The van der Waals surface area contributed by atoms with Crippen molar-refractivity contribution in [2.45, 2.75) is 11.8 Å². The number of nitrogens with two attached hydrogens (primary N) is 1. The number of rotatable bonds is 3. The van der Waals surface area contributed by atoms with Crippen molar-refractivity contribution in [1.29, 1.82) is 0 Å². The highest BCUT2D eigenvalue weighted by atomic mass is 35.5. The van der Waals surface area contributed by atoms with Gasteiger partial charge in [-0.2, -0.15) is 0 Å². The molecular formula is C13H12ClFN2O2S. The number of anilines is 2. The van der Waals surface area contributed by atoms with Gasteiger partial charge in [0.2, 0.25) is 0 Å². The lowest BCUT2D eigenvalue weighted by atomic mass is 10.2. The van der Waals surface area contributed by atoms with Gasteiger partial charge in [-0.15, -0.1) is 0 Å². The van der Waals surface area contributed by atoms with Gasteiger partial charge in [-0.3, -0.25) is 4.72 Å². The molecule has 0 radical (unpaired) electrons. The van der Waals surface area contributed by atoms with Crippen molar-refractivity contribution in [3.05, 3.63) is 52.8 Å². The molecule has 0 aliphatic carbocycles. The van der Waals surface area contributed by atoms with Crippen molar-refractivity contribution in [2.75, 3.05) is 10.5 Å². The lowest BCUT2D eigenvalue weighted by Crippen LogP contribution is -2.16. The highest BCUT2D eigenvalue weighted by molar-refractivity contribution is 7.92. The smallest absolute Gasteiger partial charge is 0.264 e. The molecule has 0 aliphatic rings.